The average molecular weight is 288 g/mol. The zero-order chi connectivity index (χ0) is 14.7. The number of anilines is 2. The molecular weight excluding hydrogens is 264 g/mol. The van der Waals surface area contributed by atoms with Crippen LogP contribution >= 0.6 is 0 Å². The van der Waals surface area contributed by atoms with E-state index in [0.29, 0.717) is 12.0 Å². The molecule has 1 unspecified atom stereocenters. The SMILES string of the molecule is CCCNc1nc(N2CCCCCC2C)c2cn[nH]c2n1. The Morgan fingerprint density at radius 2 is 2.24 bits per heavy atom. The summed E-state index contributed by atoms with van der Waals surface area (Å²) in [6.07, 6.45) is 7.96. The van der Waals surface area contributed by atoms with Crippen molar-refractivity contribution >= 4 is 22.8 Å². The number of aromatic amines is 1. The molecule has 0 radical (unpaired) electrons. The van der Waals surface area contributed by atoms with Crippen molar-refractivity contribution < 1.29 is 0 Å². The van der Waals surface area contributed by atoms with Gasteiger partial charge in [-0.15, -0.1) is 0 Å². The van der Waals surface area contributed by atoms with Crippen molar-refractivity contribution in [2.75, 3.05) is 23.3 Å². The van der Waals surface area contributed by atoms with E-state index in [0.717, 1.165) is 36.4 Å². The summed E-state index contributed by atoms with van der Waals surface area (Å²) in [5.74, 6) is 1.71. The second-order valence-corrected chi connectivity index (χ2v) is 5.82. The van der Waals surface area contributed by atoms with Crippen LogP contribution in [0, 0.1) is 0 Å². The lowest BCUT2D eigenvalue weighted by Crippen LogP contribution is -2.33. The van der Waals surface area contributed by atoms with Gasteiger partial charge in [0, 0.05) is 19.1 Å². The Balaban J connectivity index is 2.00. The number of nitrogens with zero attached hydrogens (tertiary/aromatic N) is 4. The second kappa shape index (κ2) is 6.28. The molecule has 0 spiro atoms. The molecule has 6 heteroatoms. The summed E-state index contributed by atoms with van der Waals surface area (Å²) in [5, 5.41) is 11.4. The predicted molar refractivity (Wildman–Crippen MR) is 85.7 cm³/mol. The molecule has 0 saturated carbocycles. The first kappa shape index (κ1) is 14.1. The molecule has 2 aromatic rings. The highest BCUT2D eigenvalue weighted by molar-refractivity contribution is 5.87. The fraction of sp³-hybridized carbons (Fsp3) is 0.667. The van der Waals surface area contributed by atoms with Gasteiger partial charge >= 0.3 is 0 Å². The van der Waals surface area contributed by atoms with E-state index in [1.165, 1.54) is 25.7 Å². The summed E-state index contributed by atoms with van der Waals surface area (Å²) >= 11 is 0. The maximum atomic E-state index is 4.77. The van der Waals surface area contributed by atoms with E-state index >= 15 is 0 Å². The van der Waals surface area contributed by atoms with E-state index in [4.69, 9.17) is 4.98 Å². The summed E-state index contributed by atoms with van der Waals surface area (Å²) in [7, 11) is 0. The van der Waals surface area contributed by atoms with Gasteiger partial charge in [0.15, 0.2) is 5.65 Å². The first-order valence-corrected chi connectivity index (χ1v) is 8.01. The third-order valence-electron chi connectivity index (χ3n) is 4.15. The Hall–Kier alpha value is -1.85. The van der Waals surface area contributed by atoms with Gasteiger partial charge in [0.25, 0.3) is 0 Å². The van der Waals surface area contributed by atoms with Crippen molar-refractivity contribution in [3.63, 3.8) is 0 Å². The summed E-state index contributed by atoms with van der Waals surface area (Å²) in [4.78, 5) is 11.7. The smallest absolute Gasteiger partial charge is 0.226 e. The quantitative estimate of drug-likeness (QED) is 0.905. The Kier molecular flexibility index (Phi) is 4.22. The van der Waals surface area contributed by atoms with Crippen molar-refractivity contribution in [3.05, 3.63) is 6.20 Å². The molecule has 1 atom stereocenters. The molecule has 0 bridgehead atoms. The molecule has 0 amide bonds. The number of hydrogen-bond donors (Lipinski definition) is 2. The third kappa shape index (κ3) is 2.94. The Bertz CT molecular complexity index is 593. The van der Waals surface area contributed by atoms with Gasteiger partial charge in [0.1, 0.15) is 5.82 Å². The molecule has 2 aromatic heterocycles. The van der Waals surface area contributed by atoms with Gasteiger partial charge < -0.3 is 10.2 Å². The standard InChI is InChI=1S/C15H24N6/c1-3-8-16-15-18-13-12(10-17-20-13)14(19-15)21-9-6-4-5-7-11(21)2/h10-11H,3-9H2,1-2H3,(H2,16,17,18,19,20). The van der Waals surface area contributed by atoms with Crippen LogP contribution in [0.3, 0.4) is 0 Å². The largest absolute Gasteiger partial charge is 0.354 e. The Morgan fingerprint density at radius 1 is 1.33 bits per heavy atom. The molecule has 6 nitrogen and oxygen atoms in total. The van der Waals surface area contributed by atoms with Crippen LogP contribution in [0.25, 0.3) is 11.0 Å². The van der Waals surface area contributed by atoms with Crippen LogP contribution in [-0.4, -0.2) is 39.3 Å². The minimum atomic E-state index is 0.513. The molecule has 21 heavy (non-hydrogen) atoms. The van der Waals surface area contributed by atoms with Gasteiger partial charge in [-0.2, -0.15) is 15.1 Å². The first-order chi connectivity index (χ1) is 10.3. The van der Waals surface area contributed by atoms with Gasteiger partial charge in [0.2, 0.25) is 5.95 Å². The minimum absolute atomic E-state index is 0.513. The third-order valence-corrected chi connectivity index (χ3v) is 4.15. The topological polar surface area (TPSA) is 69.7 Å². The van der Waals surface area contributed by atoms with Gasteiger partial charge in [-0.3, -0.25) is 5.10 Å². The van der Waals surface area contributed by atoms with E-state index in [-0.39, 0.29) is 0 Å². The van der Waals surface area contributed by atoms with Gasteiger partial charge in [-0.05, 0) is 26.2 Å². The molecule has 114 valence electrons. The lowest BCUT2D eigenvalue weighted by atomic mass is 10.1. The molecule has 1 fully saturated rings. The van der Waals surface area contributed by atoms with Crippen LogP contribution < -0.4 is 10.2 Å². The number of hydrogen-bond acceptors (Lipinski definition) is 5. The summed E-state index contributed by atoms with van der Waals surface area (Å²) in [6, 6.07) is 0.513. The van der Waals surface area contributed by atoms with Gasteiger partial charge in [0.05, 0.1) is 11.6 Å². The minimum Gasteiger partial charge on any atom is -0.354 e. The fourth-order valence-corrected chi connectivity index (χ4v) is 2.94. The molecule has 0 aliphatic carbocycles. The fourth-order valence-electron chi connectivity index (χ4n) is 2.94. The average Bonchev–Trinajstić information content (AvgIpc) is 2.86. The van der Waals surface area contributed by atoms with Crippen molar-refractivity contribution in [1.29, 1.82) is 0 Å². The van der Waals surface area contributed by atoms with E-state index in [2.05, 4.69) is 39.2 Å². The zero-order valence-corrected chi connectivity index (χ0v) is 12.9. The summed E-state index contributed by atoms with van der Waals surface area (Å²) in [5.41, 5.74) is 0.815. The Labute approximate surface area is 125 Å². The number of nitrogens with one attached hydrogen (secondary N) is 2. The predicted octanol–water partition coefficient (Wildman–Crippen LogP) is 2.94. The molecule has 1 saturated heterocycles. The Morgan fingerprint density at radius 3 is 3.10 bits per heavy atom. The summed E-state index contributed by atoms with van der Waals surface area (Å²) < 4.78 is 0. The molecule has 3 heterocycles. The number of fused-ring (bicyclic) bond motifs is 1. The van der Waals surface area contributed by atoms with Crippen molar-refractivity contribution in [1.82, 2.24) is 20.2 Å². The van der Waals surface area contributed by atoms with Crippen molar-refractivity contribution in [2.45, 2.75) is 52.0 Å². The normalized spacial score (nSPS) is 19.7. The molecule has 1 aliphatic heterocycles. The molecule has 0 aromatic carbocycles. The van der Waals surface area contributed by atoms with E-state index < -0.39 is 0 Å². The van der Waals surface area contributed by atoms with E-state index in [1.807, 2.05) is 6.20 Å². The van der Waals surface area contributed by atoms with Crippen LogP contribution in [0.4, 0.5) is 11.8 Å². The highest BCUT2D eigenvalue weighted by Gasteiger charge is 2.22. The lowest BCUT2D eigenvalue weighted by molar-refractivity contribution is 0.612. The van der Waals surface area contributed by atoms with Crippen LogP contribution in [0.5, 0.6) is 0 Å². The molecule has 3 rings (SSSR count). The van der Waals surface area contributed by atoms with Crippen molar-refractivity contribution in [2.24, 2.45) is 0 Å². The van der Waals surface area contributed by atoms with Crippen LogP contribution in [-0.2, 0) is 0 Å². The maximum Gasteiger partial charge on any atom is 0.226 e. The number of H-pyrrole nitrogens is 1. The summed E-state index contributed by atoms with van der Waals surface area (Å²) in [6.45, 7) is 6.37. The lowest BCUT2D eigenvalue weighted by Gasteiger charge is -2.28. The monoisotopic (exact) mass is 288 g/mol. The second-order valence-electron chi connectivity index (χ2n) is 5.82. The van der Waals surface area contributed by atoms with E-state index in [9.17, 15) is 0 Å². The van der Waals surface area contributed by atoms with E-state index in [1.54, 1.807) is 0 Å². The molecule has 2 N–H and O–H groups in total. The van der Waals surface area contributed by atoms with Gasteiger partial charge in [-0.1, -0.05) is 19.8 Å². The molecule has 1 aliphatic rings. The first-order valence-electron chi connectivity index (χ1n) is 8.01. The van der Waals surface area contributed by atoms with Gasteiger partial charge in [-0.25, -0.2) is 0 Å². The van der Waals surface area contributed by atoms with Crippen LogP contribution in [0.15, 0.2) is 6.20 Å². The molecular formula is C15H24N6. The highest BCUT2D eigenvalue weighted by atomic mass is 15.3. The number of rotatable bonds is 4. The maximum absolute atomic E-state index is 4.77. The van der Waals surface area contributed by atoms with Crippen LogP contribution in [0.2, 0.25) is 0 Å². The zero-order valence-electron chi connectivity index (χ0n) is 12.9. The van der Waals surface area contributed by atoms with Crippen molar-refractivity contribution in [3.8, 4) is 0 Å². The van der Waals surface area contributed by atoms with Crippen LogP contribution in [0.1, 0.15) is 46.0 Å². The number of aromatic nitrogens is 4. The highest BCUT2D eigenvalue weighted by Crippen LogP contribution is 2.28.